The Kier molecular flexibility index (Phi) is 0.964. The predicted molar refractivity (Wildman–Crippen MR) is 46.6 cm³/mol. The van der Waals surface area contributed by atoms with Gasteiger partial charge in [-0.05, 0) is 38.5 Å². The van der Waals surface area contributed by atoms with Gasteiger partial charge < -0.3 is 0 Å². The van der Waals surface area contributed by atoms with Gasteiger partial charge in [-0.25, -0.2) is 0 Å². The van der Waals surface area contributed by atoms with Crippen molar-refractivity contribution in [3.63, 3.8) is 0 Å². The first-order valence-electron chi connectivity index (χ1n) is 4.89. The van der Waals surface area contributed by atoms with Crippen molar-refractivity contribution in [3.05, 3.63) is 11.6 Å². The van der Waals surface area contributed by atoms with Gasteiger partial charge in [-0.1, -0.05) is 11.6 Å². The Bertz CT molecular complexity index is 302. The summed E-state index contributed by atoms with van der Waals surface area (Å²) >= 11 is 0. The monoisotopic (exact) mass is 162 g/mol. The van der Waals surface area contributed by atoms with Crippen molar-refractivity contribution in [3.8, 4) is 0 Å². The first-order valence-corrected chi connectivity index (χ1v) is 4.89. The molecule has 0 aromatic rings. The second kappa shape index (κ2) is 1.68. The molecule has 0 bridgehead atoms. The molecule has 0 radical (unpaired) electrons. The second-order valence-electron chi connectivity index (χ2n) is 4.79. The average molecular weight is 162 g/mol. The van der Waals surface area contributed by atoms with Gasteiger partial charge in [0.25, 0.3) is 0 Å². The first kappa shape index (κ1) is 6.88. The van der Waals surface area contributed by atoms with Crippen LogP contribution in [-0.2, 0) is 4.79 Å². The van der Waals surface area contributed by atoms with Crippen molar-refractivity contribution in [2.45, 2.75) is 26.7 Å². The molecule has 3 rings (SSSR count). The van der Waals surface area contributed by atoms with Gasteiger partial charge in [0, 0.05) is 5.92 Å². The molecule has 12 heavy (non-hydrogen) atoms. The van der Waals surface area contributed by atoms with E-state index in [9.17, 15) is 4.79 Å². The number of carbonyl (C=O) groups excluding carboxylic acids is 1. The summed E-state index contributed by atoms with van der Waals surface area (Å²) in [7, 11) is 0. The van der Waals surface area contributed by atoms with Crippen LogP contribution < -0.4 is 0 Å². The number of Topliss-reactive ketones (excluding diaryl/α,β-unsaturated/α-hetero) is 1. The van der Waals surface area contributed by atoms with Crippen molar-refractivity contribution in [2.75, 3.05) is 0 Å². The lowest BCUT2D eigenvalue weighted by Gasteiger charge is -2.41. The van der Waals surface area contributed by atoms with Gasteiger partial charge in [0.2, 0.25) is 0 Å². The Morgan fingerprint density at radius 3 is 2.67 bits per heavy atom. The Morgan fingerprint density at radius 2 is 2.25 bits per heavy atom. The van der Waals surface area contributed by atoms with E-state index in [0.717, 1.165) is 12.3 Å². The Balaban J connectivity index is 2.09. The molecule has 1 nitrogen and oxygen atoms in total. The SMILES string of the molecule is CC1=C[C@H]2[C@@H]3CC[C@@H]3C(=O)[C@@]12C. The molecule has 0 saturated heterocycles. The molecule has 0 unspecified atom stereocenters. The third-order valence-corrected chi connectivity index (χ3v) is 4.55. The van der Waals surface area contributed by atoms with Crippen LogP contribution in [0.2, 0.25) is 0 Å². The molecule has 0 aliphatic heterocycles. The van der Waals surface area contributed by atoms with Crippen LogP contribution in [0.5, 0.6) is 0 Å². The summed E-state index contributed by atoms with van der Waals surface area (Å²) in [5, 5.41) is 0. The molecule has 0 amide bonds. The third kappa shape index (κ3) is 0.451. The summed E-state index contributed by atoms with van der Waals surface area (Å²) in [5.41, 5.74) is 1.30. The van der Waals surface area contributed by atoms with Crippen LogP contribution in [-0.4, -0.2) is 5.78 Å². The summed E-state index contributed by atoms with van der Waals surface area (Å²) in [6, 6.07) is 0. The minimum Gasteiger partial charge on any atom is -0.298 e. The molecule has 1 heteroatoms. The third-order valence-electron chi connectivity index (χ3n) is 4.55. The van der Waals surface area contributed by atoms with Gasteiger partial charge in [-0.15, -0.1) is 0 Å². The molecule has 64 valence electrons. The standard InChI is InChI=1S/C11H14O/c1-6-5-9-7-3-4-8(7)10(12)11(6,9)2/h5,7-9H,3-4H2,1-2H3/t7-,8+,9+,11+/m1/s1. The Labute approximate surface area is 72.8 Å². The summed E-state index contributed by atoms with van der Waals surface area (Å²) < 4.78 is 0. The topological polar surface area (TPSA) is 17.1 Å². The fourth-order valence-electron chi connectivity index (χ4n) is 3.35. The average Bonchev–Trinajstić information content (AvgIpc) is 2.08. The van der Waals surface area contributed by atoms with E-state index in [2.05, 4.69) is 19.9 Å². The molecule has 3 aliphatic rings. The van der Waals surface area contributed by atoms with Gasteiger partial charge >= 0.3 is 0 Å². The molecule has 0 heterocycles. The summed E-state index contributed by atoms with van der Waals surface area (Å²) in [4.78, 5) is 11.9. The maximum Gasteiger partial charge on any atom is 0.146 e. The number of rotatable bonds is 0. The molecule has 3 aliphatic carbocycles. The van der Waals surface area contributed by atoms with E-state index in [-0.39, 0.29) is 5.41 Å². The summed E-state index contributed by atoms with van der Waals surface area (Å²) in [5.74, 6) is 2.33. The highest BCUT2D eigenvalue weighted by Crippen LogP contribution is 2.64. The normalized spacial score (nSPS) is 55.0. The van der Waals surface area contributed by atoms with Crippen molar-refractivity contribution in [1.82, 2.24) is 0 Å². The van der Waals surface area contributed by atoms with E-state index in [1.54, 1.807) is 0 Å². The Hall–Kier alpha value is -0.590. The number of ketones is 1. The van der Waals surface area contributed by atoms with Crippen molar-refractivity contribution in [2.24, 2.45) is 23.2 Å². The largest absolute Gasteiger partial charge is 0.298 e. The van der Waals surface area contributed by atoms with Crippen LogP contribution >= 0.6 is 0 Å². The second-order valence-corrected chi connectivity index (χ2v) is 4.79. The highest BCUT2D eigenvalue weighted by Gasteiger charge is 2.64. The minimum absolute atomic E-state index is 0.0220. The van der Waals surface area contributed by atoms with Gasteiger partial charge in [0.05, 0.1) is 5.41 Å². The lowest BCUT2D eigenvalue weighted by molar-refractivity contribution is -0.129. The maximum absolute atomic E-state index is 11.9. The van der Waals surface area contributed by atoms with Gasteiger partial charge in [0.15, 0.2) is 0 Å². The van der Waals surface area contributed by atoms with E-state index in [4.69, 9.17) is 0 Å². The summed E-state index contributed by atoms with van der Waals surface area (Å²) in [6.07, 6.45) is 4.78. The zero-order chi connectivity index (χ0) is 8.51. The first-order chi connectivity index (χ1) is 5.65. The van der Waals surface area contributed by atoms with Crippen LogP contribution in [0, 0.1) is 23.2 Å². The van der Waals surface area contributed by atoms with Gasteiger partial charge in [-0.2, -0.15) is 0 Å². The van der Waals surface area contributed by atoms with Crippen molar-refractivity contribution < 1.29 is 4.79 Å². The molecule has 0 aromatic heterocycles. The van der Waals surface area contributed by atoms with Crippen LogP contribution in [0.1, 0.15) is 26.7 Å². The quantitative estimate of drug-likeness (QED) is 0.499. The van der Waals surface area contributed by atoms with Crippen molar-refractivity contribution >= 4 is 5.78 Å². The molecule has 4 atom stereocenters. The van der Waals surface area contributed by atoms with E-state index in [1.807, 2.05) is 0 Å². The fourth-order valence-corrected chi connectivity index (χ4v) is 3.35. The molecule has 0 N–H and O–H groups in total. The van der Waals surface area contributed by atoms with Gasteiger partial charge in [-0.3, -0.25) is 4.79 Å². The summed E-state index contributed by atoms with van der Waals surface area (Å²) in [6.45, 7) is 4.26. The van der Waals surface area contributed by atoms with Crippen LogP contribution in [0.3, 0.4) is 0 Å². The molecular formula is C11H14O. The van der Waals surface area contributed by atoms with Crippen LogP contribution in [0.15, 0.2) is 11.6 Å². The van der Waals surface area contributed by atoms with E-state index >= 15 is 0 Å². The maximum atomic E-state index is 11.9. The van der Waals surface area contributed by atoms with Gasteiger partial charge in [0.1, 0.15) is 5.78 Å². The highest BCUT2D eigenvalue weighted by molar-refractivity contribution is 5.95. The number of fused-ring (bicyclic) bond motifs is 3. The number of hydrogen-bond donors (Lipinski definition) is 0. The molecule has 2 fully saturated rings. The van der Waals surface area contributed by atoms with Crippen LogP contribution in [0.25, 0.3) is 0 Å². The molecule has 0 spiro atoms. The number of allylic oxidation sites excluding steroid dienone is 2. The van der Waals surface area contributed by atoms with E-state index in [0.29, 0.717) is 17.6 Å². The predicted octanol–water partition coefficient (Wildman–Crippen LogP) is 2.18. The molecule has 2 saturated carbocycles. The number of hydrogen-bond acceptors (Lipinski definition) is 1. The zero-order valence-corrected chi connectivity index (χ0v) is 7.63. The lowest BCUT2D eigenvalue weighted by atomic mass is 9.61. The zero-order valence-electron chi connectivity index (χ0n) is 7.63. The van der Waals surface area contributed by atoms with E-state index in [1.165, 1.54) is 12.0 Å². The van der Waals surface area contributed by atoms with Crippen LogP contribution in [0.4, 0.5) is 0 Å². The van der Waals surface area contributed by atoms with Crippen molar-refractivity contribution in [1.29, 1.82) is 0 Å². The lowest BCUT2D eigenvalue weighted by Crippen LogP contribution is -2.37. The highest BCUT2D eigenvalue weighted by atomic mass is 16.1. The fraction of sp³-hybridized carbons (Fsp3) is 0.727. The minimum atomic E-state index is -0.0220. The molecule has 0 aromatic carbocycles. The smallest absolute Gasteiger partial charge is 0.146 e. The number of carbonyl (C=O) groups is 1. The van der Waals surface area contributed by atoms with E-state index < -0.39 is 0 Å². The molecular weight excluding hydrogens is 148 g/mol. The Morgan fingerprint density at radius 1 is 1.50 bits per heavy atom.